The summed E-state index contributed by atoms with van der Waals surface area (Å²) in [7, 11) is 0. The molecule has 0 aromatic heterocycles. The Hall–Kier alpha value is -1.50. The molecule has 1 N–H and O–H groups in total. The molecule has 2 aliphatic rings. The summed E-state index contributed by atoms with van der Waals surface area (Å²) in [6, 6.07) is 9.86. The van der Waals surface area contributed by atoms with Crippen LogP contribution in [0.15, 0.2) is 55.6 Å². The second-order valence-corrected chi connectivity index (χ2v) is 6.93. The molecular formula is C20H26O5. The van der Waals surface area contributed by atoms with Crippen LogP contribution < -0.4 is 0 Å². The summed E-state index contributed by atoms with van der Waals surface area (Å²) in [4.78, 5) is 0. The maximum atomic E-state index is 11.2. The van der Waals surface area contributed by atoms with Gasteiger partial charge >= 0.3 is 0 Å². The highest BCUT2D eigenvalue weighted by molar-refractivity contribution is 5.17. The molecule has 2 fully saturated rings. The summed E-state index contributed by atoms with van der Waals surface area (Å²) in [5.74, 6) is -0.809. The van der Waals surface area contributed by atoms with Gasteiger partial charge in [-0.25, -0.2) is 0 Å². The molecule has 25 heavy (non-hydrogen) atoms. The maximum Gasteiger partial charge on any atom is 0.191 e. The van der Waals surface area contributed by atoms with Crippen LogP contribution in [-0.4, -0.2) is 41.1 Å². The van der Waals surface area contributed by atoms with Crippen molar-refractivity contribution in [1.29, 1.82) is 0 Å². The van der Waals surface area contributed by atoms with Crippen molar-refractivity contribution < 1.29 is 24.1 Å². The molecule has 0 radical (unpaired) electrons. The first kappa shape index (κ1) is 18.3. The second kappa shape index (κ2) is 7.02. The molecule has 0 amide bonds. The molecule has 5 nitrogen and oxygen atoms in total. The van der Waals surface area contributed by atoms with Crippen molar-refractivity contribution in [2.75, 3.05) is 0 Å². The third-order valence-electron chi connectivity index (χ3n) is 4.62. The van der Waals surface area contributed by atoms with E-state index in [4.69, 9.17) is 18.9 Å². The van der Waals surface area contributed by atoms with Crippen LogP contribution in [0.1, 0.15) is 25.8 Å². The molecule has 136 valence electrons. The average Bonchev–Trinajstić information content (AvgIpc) is 3.04. The molecule has 0 bridgehead atoms. The smallest absolute Gasteiger partial charge is 0.191 e. The maximum absolute atomic E-state index is 11.2. The summed E-state index contributed by atoms with van der Waals surface area (Å²) >= 11 is 0. The Kier molecular flexibility index (Phi) is 5.14. The Labute approximate surface area is 148 Å². The van der Waals surface area contributed by atoms with Gasteiger partial charge in [0, 0.05) is 0 Å². The Morgan fingerprint density at radius 3 is 2.60 bits per heavy atom. The van der Waals surface area contributed by atoms with E-state index >= 15 is 0 Å². The van der Waals surface area contributed by atoms with Crippen LogP contribution in [0.3, 0.4) is 0 Å². The zero-order chi connectivity index (χ0) is 18.1. The van der Waals surface area contributed by atoms with E-state index in [0.29, 0.717) is 13.0 Å². The number of hydrogen-bond donors (Lipinski definition) is 1. The minimum atomic E-state index is -1.40. The van der Waals surface area contributed by atoms with Crippen molar-refractivity contribution in [2.45, 2.75) is 62.9 Å². The van der Waals surface area contributed by atoms with Gasteiger partial charge in [0.15, 0.2) is 12.1 Å². The standard InChI is InChI=1S/C20H26O5/c1-5-10-15(22-13-14-11-8-7-9-12-14)16-20(21,6-2)17-18(23-16)25-19(3,4)24-17/h5-9,11-12,15-18,21H,1-2,10,13H2,3-4H3/t15-,16+,17+,18-,20-/m1/s1. The normalized spacial score (nSPS) is 34.4. The predicted octanol–water partition coefficient (Wildman–Crippen LogP) is 2.94. The van der Waals surface area contributed by atoms with Crippen molar-refractivity contribution in [2.24, 2.45) is 0 Å². The third kappa shape index (κ3) is 3.57. The first-order valence-corrected chi connectivity index (χ1v) is 8.53. The van der Waals surface area contributed by atoms with Crippen molar-refractivity contribution in [3.8, 4) is 0 Å². The minimum absolute atomic E-state index is 0.401. The van der Waals surface area contributed by atoms with Gasteiger partial charge in [0.1, 0.15) is 17.8 Å². The lowest BCUT2D eigenvalue weighted by Crippen LogP contribution is -2.52. The molecule has 0 aliphatic carbocycles. The molecule has 0 spiro atoms. The van der Waals surface area contributed by atoms with Crippen LogP contribution in [0.5, 0.6) is 0 Å². The van der Waals surface area contributed by atoms with Crippen molar-refractivity contribution in [1.82, 2.24) is 0 Å². The highest BCUT2D eigenvalue weighted by Crippen LogP contribution is 2.45. The van der Waals surface area contributed by atoms with Gasteiger partial charge in [0.2, 0.25) is 0 Å². The second-order valence-electron chi connectivity index (χ2n) is 6.93. The molecule has 0 saturated carbocycles. The van der Waals surface area contributed by atoms with Crippen molar-refractivity contribution in [3.63, 3.8) is 0 Å². The molecular weight excluding hydrogens is 320 g/mol. The van der Waals surface area contributed by atoms with Crippen molar-refractivity contribution >= 4 is 0 Å². The fraction of sp³-hybridized carbons (Fsp3) is 0.500. The predicted molar refractivity (Wildman–Crippen MR) is 93.7 cm³/mol. The molecule has 1 aromatic rings. The van der Waals surface area contributed by atoms with Crippen molar-refractivity contribution in [3.05, 3.63) is 61.2 Å². The molecule has 5 atom stereocenters. The van der Waals surface area contributed by atoms with E-state index in [2.05, 4.69) is 13.2 Å². The van der Waals surface area contributed by atoms with Gasteiger partial charge in [-0.2, -0.15) is 0 Å². The first-order chi connectivity index (χ1) is 11.9. The Balaban J connectivity index is 1.77. The minimum Gasteiger partial charge on any atom is -0.380 e. The summed E-state index contributed by atoms with van der Waals surface area (Å²) in [6.45, 7) is 11.6. The Morgan fingerprint density at radius 2 is 1.96 bits per heavy atom. The highest BCUT2D eigenvalue weighted by atomic mass is 16.8. The zero-order valence-electron chi connectivity index (χ0n) is 14.8. The van der Waals surface area contributed by atoms with E-state index in [1.165, 1.54) is 6.08 Å². The van der Waals surface area contributed by atoms with Crippen LogP contribution in [-0.2, 0) is 25.6 Å². The fourth-order valence-corrected chi connectivity index (χ4v) is 3.40. The molecule has 1 aromatic carbocycles. The summed E-state index contributed by atoms with van der Waals surface area (Å²) in [5.41, 5.74) is -0.353. The lowest BCUT2D eigenvalue weighted by Gasteiger charge is -2.35. The van der Waals surface area contributed by atoms with E-state index < -0.39 is 36.0 Å². The Bertz CT molecular complexity index is 614. The molecule has 5 heteroatoms. The monoisotopic (exact) mass is 346 g/mol. The van der Waals surface area contributed by atoms with Crippen LogP contribution >= 0.6 is 0 Å². The number of benzene rings is 1. The van der Waals surface area contributed by atoms with E-state index in [1.54, 1.807) is 19.9 Å². The van der Waals surface area contributed by atoms with E-state index in [0.717, 1.165) is 5.56 Å². The highest BCUT2D eigenvalue weighted by Gasteiger charge is 2.63. The molecule has 0 unspecified atom stereocenters. The third-order valence-corrected chi connectivity index (χ3v) is 4.62. The molecule has 2 saturated heterocycles. The number of rotatable bonds is 7. The summed E-state index contributed by atoms with van der Waals surface area (Å²) < 4.78 is 23.6. The van der Waals surface area contributed by atoms with Gasteiger partial charge in [-0.05, 0) is 25.8 Å². The first-order valence-electron chi connectivity index (χ1n) is 8.53. The van der Waals surface area contributed by atoms with E-state index in [1.807, 2.05) is 30.3 Å². The van der Waals surface area contributed by atoms with E-state index in [9.17, 15) is 5.11 Å². The van der Waals surface area contributed by atoms with E-state index in [-0.39, 0.29) is 0 Å². The van der Waals surface area contributed by atoms with Gasteiger partial charge in [-0.3, -0.25) is 0 Å². The topological polar surface area (TPSA) is 57.2 Å². The summed E-state index contributed by atoms with van der Waals surface area (Å²) in [6.07, 6.45) is 1.39. The fourth-order valence-electron chi connectivity index (χ4n) is 3.40. The van der Waals surface area contributed by atoms with Gasteiger partial charge in [-0.1, -0.05) is 42.5 Å². The molecule has 3 rings (SSSR count). The number of aliphatic hydroxyl groups is 1. The number of hydrogen-bond acceptors (Lipinski definition) is 5. The molecule has 2 heterocycles. The van der Waals surface area contributed by atoms with Gasteiger partial charge < -0.3 is 24.1 Å². The van der Waals surface area contributed by atoms with Gasteiger partial charge in [0.25, 0.3) is 0 Å². The van der Waals surface area contributed by atoms with Crippen LogP contribution in [0.2, 0.25) is 0 Å². The SMILES string of the molecule is C=CC[C@@H](OCc1ccccc1)[C@@H]1O[C@@H]2OC(C)(C)O[C@@H]2[C@@]1(O)C=C. The molecule has 2 aliphatic heterocycles. The van der Waals surface area contributed by atoms with Gasteiger partial charge in [-0.15, -0.1) is 13.2 Å². The lowest BCUT2D eigenvalue weighted by molar-refractivity contribution is -0.239. The van der Waals surface area contributed by atoms with Crippen LogP contribution in [0.25, 0.3) is 0 Å². The Morgan fingerprint density at radius 1 is 1.24 bits per heavy atom. The zero-order valence-corrected chi connectivity index (χ0v) is 14.8. The number of fused-ring (bicyclic) bond motifs is 1. The number of ether oxygens (including phenoxy) is 4. The van der Waals surface area contributed by atoms with Crippen LogP contribution in [0, 0.1) is 0 Å². The largest absolute Gasteiger partial charge is 0.380 e. The quantitative estimate of drug-likeness (QED) is 0.769. The lowest BCUT2D eigenvalue weighted by atomic mass is 9.88. The summed E-state index contributed by atoms with van der Waals surface area (Å²) in [5, 5.41) is 11.2. The average molecular weight is 346 g/mol. The van der Waals surface area contributed by atoms with Gasteiger partial charge in [0.05, 0.1) is 12.7 Å². The van der Waals surface area contributed by atoms with Crippen LogP contribution in [0.4, 0.5) is 0 Å².